The van der Waals surface area contributed by atoms with Crippen LogP contribution >= 0.6 is 0 Å². The number of tetrazole rings is 1. The molecule has 2 N–H and O–H groups in total. The molecule has 3 rings (SSSR count). The highest BCUT2D eigenvalue weighted by Gasteiger charge is 2.18. The number of nitrogens with zero attached hydrogens (tertiary/aromatic N) is 3. The third-order valence-corrected chi connectivity index (χ3v) is 3.15. The number of ether oxygens (including phenoxy) is 2. The molecule has 0 amide bonds. The SMILES string of the molecule is CC(NC(C)c1nn[nH]n1)c1ccc2c(c1)OCO2. The van der Waals surface area contributed by atoms with Crippen LogP contribution in [0.2, 0.25) is 0 Å². The Morgan fingerprint density at radius 3 is 2.84 bits per heavy atom. The van der Waals surface area contributed by atoms with Crippen LogP contribution in [0.1, 0.15) is 37.3 Å². The van der Waals surface area contributed by atoms with E-state index in [4.69, 9.17) is 9.47 Å². The first kappa shape index (κ1) is 11.9. The van der Waals surface area contributed by atoms with E-state index >= 15 is 0 Å². The van der Waals surface area contributed by atoms with Crippen molar-refractivity contribution < 1.29 is 9.47 Å². The summed E-state index contributed by atoms with van der Waals surface area (Å²) in [5.74, 6) is 2.23. The first-order chi connectivity index (χ1) is 9.24. The van der Waals surface area contributed by atoms with Crippen LogP contribution in [-0.2, 0) is 0 Å². The molecule has 7 nitrogen and oxygen atoms in total. The van der Waals surface area contributed by atoms with Gasteiger partial charge in [0.2, 0.25) is 6.79 Å². The van der Waals surface area contributed by atoms with E-state index in [-0.39, 0.29) is 12.1 Å². The first-order valence-corrected chi connectivity index (χ1v) is 6.13. The molecule has 7 heteroatoms. The Kier molecular flexibility index (Phi) is 3.04. The van der Waals surface area contributed by atoms with Crippen molar-refractivity contribution in [3.05, 3.63) is 29.6 Å². The van der Waals surface area contributed by atoms with Gasteiger partial charge < -0.3 is 14.8 Å². The van der Waals surface area contributed by atoms with E-state index in [1.54, 1.807) is 0 Å². The van der Waals surface area contributed by atoms with Crippen LogP contribution in [0.4, 0.5) is 0 Å². The summed E-state index contributed by atoms with van der Waals surface area (Å²) in [6.45, 7) is 4.36. The van der Waals surface area contributed by atoms with E-state index in [0.29, 0.717) is 12.6 Å². The van der Waals surface area contributed by atoms with E-state index in [9.17, 15) is 0 Å². The highest BCUT2D eigenvalue weighted by atomic mass is 16.7. The van der Waals surface area contributed by atoms with Crippen molar-refractivity contribution in [1.29, 1.82) is 0 Å². The van der Waals surface area contributed by atoms with E-state index in [2.05, 4.69) is 32.9 Å². The maximum atomic E-state index is 5.38. The minimum Gasteiger partial charge on any atom is -0.454 e. The maximum Gasteiger partial charge on any atom is 0.231 e. The lowest BCUT2D eigenvalue weighted by molar-refractivity contribution is 0.174. The summed E-state index contributed by atoms with van der Waals surface area (Å²) in [4.78, 5) is 0. The number of hydrogen-bond acceptors (Lipinski definition) is 6. The van der Waals surface area contributed by atoms with E-state index in [1.807, 2.05) is 25.1 Å². The number of fused-ring (bicyclic) bond motifs is 1. The minimum absolute atomic E-state index is 0.0131. The molecule has 2 heterocycles. The molecule has 1 aliphatic heterocycles. The molecule has 0 spiro atoms. The quantitative estimate of drug-likeness (QED) is 0.864. The minimum atomic E-state index is 0.0131. The number of aromatic nitrogens is 4. The van der Waals surface area contributed by atoms with Crippen molar-refractivity contribution in [2.24, 2.45) is 0 Å². The van der Waals surface area contributed by atoms with Crippen molar-refractivity contribution in [3.8, 4) is 11.5 Å². The Hall–Kier alpha value is -2.15. The molecule has 0 fully saturated rings. The van der Waals surface area contributed by atoms with Gasteiger partial charge in [-0.05, 0) is 31.5 Å². The van der Waals surface area contributed by atoms with Gasteiger partial charge in [-0.2, -0.15) is 5.21 Å². The molecule has 0 radical (unpaired) electrons. The second-order valence-electron chi connectivity index (χ2n) is 4.49. The predicted molar refractivity (Wildman–Crippen MR) is 66.7 cm³/mol. The average Bonchev–Trinajstić information content (AvgIpc) is 3.09. The molecule has 0 saturated heterocycles. The molecule has 2 aromatic rings. The lowest BCUT2D eigenvalue weighted by Crippen LogP contribution is -2.23. The molecule has 19 heavy (non-hydrogen) atoms. The Morgan fingerprint density at radius 2 is 2.05 bits per heavy atom. The Balaban J connectivity index is 1.72. The van der Waals surface area contributed by atoms with Crippen LogP contribution in [-0.4, -0.2) is 27.4 Å². The lowest BCUT2D eigenvalue weighted by Gasteiger charge is -2.18. The van der Waals surface area contributed by atoms with Gasteiger partial charge in [-0.3, -0.25) is 0 Å². The summed E-state index contributed by atoms with van der Waals surface area (Å²) in [6, 6.07) is 6.09. The average molecular weight is 261 g/mol. The van der Waals surface area contributed by atoms with Gasteiger partial charge in [0.1, 0.15) is 0 Å². The maximum absolute atomic E-state index is 5.38. The Morgan fingerprint density at radius 1 is 1.21 bits per heavy atom. The van der Waals surface area contributed by atoms with Gasteiger partial charge in [-0.15, -0.1) is 10.2 Å². The number of aromatic amines is 1. The zero-order chi connectivity index (χ0) is 13.2. The fourth-order valence-electron chi connectivity index (χ4n) is 2.08. The summed E-state index contributed by atoms with van der Waals surface area (Å²) >= 11 is 0. The zero-order valence-corrected chi connectivity index (χ0v) is 10.8. The Labute approximate surface area is 110 Å². The summed E-state index contributed by atoms with van der Waals surface area (Å²) < 4.78 is 10.7. The topological polar surface area (TPSA) is 85.0 Å². The standard InChI is InChI=1S/C12H15N5O2/c1-7(13-8(2)12-14-16-17-15-12)9-3-4-10-11(5-9)19-6-18-10/h3-5,7-8,13H,6H2,1-2H3,(H,14,15,16,17). The van der Waals surface area contributed by atoms with Crippen LogP contribution in [0.25, 0.3) is 0 Å². The van der Waals surface area contributed by atoms with Crippen LogP contribution in [0.15, 0.2) is 18.2 Å². The highest BCUT2D eigenvalue weighted by Crippen LogP contribution is 2.34. The van der Waals surface area contributed by atoms with Crippen molar-refractivity contribution in [2.45, 2.75) is 25.9 Å². The van der Waals surface area contributed by atoms with Crippen LogP contribution in [0.5, 0.6) is 11.5 Å². The van der Waals surface area contributed by atoms with E-state index in [0.717, 1.165) is 17.1 Å². The van der Waals surface area contributed by atoms with Gasteiger partial charge in [0, 0.05) is 6.04 Å². The highest BCUT2D eigenvalue weighted by molar-refractivity contribution is 5.45. The zero-order valence-electron chi connectivity index (χ0n) is 10.8. The molecule has 2 unspecified atom stereocenters. The molecule has 0 aliphatic carbocycles. The third-order valence-electron chi connectivity index (χ3n) is 3.15. The van der Waals surface area contributed by atoms with Gasteiger partial charge in [-0.1, -0.05) is 11.3 Å². The van der Waals surface area contributed by atoms with Gasteiger partial charge in [-0.25, -0.2) is 0 Å². The molecule has 1 aromatic carbocycles. The molecular formula is C12H15N5O2. The van der Waals surface area contributed by atoms with Gasteiger partial charge in [0.15, 0.2) is 17.3 Å². The first-order valence-electron chi connectivity index (χ1n) is 6.13. The normalized spacial score (nSPS) is 16.3. The Bertz CT molecular complexity index is 557. The molecule has 0 saturated carbocycles. The smallest absolute Gasteiger partial charge is 0.231 e. The van der Waals surface area contributed by atoms with Gasteiger partial charge in [0.05, 0.1) is 6.04 Å². The summed E-state index contributed by atoms with van der Waals surface area (Å²) in [6.07, 6.45) is 0. The second-order valence-corrected chi connectivity index (χ2v) is 4.49. The largest absolute Gasteiger partial charge is 0.454 e. The number of H-pyrrole nitrogens is 1. The van der Waals surface area contributed by atoms with Crippen LogP contribution in [0, 0.1) is 0 Å². The third kappa shape index (κ3) is 2.37. The number of rotatable bonds is 4. The number of benzene rings is 1. The second kappa shape index (κ2) is 4.85. The number of nitrogens with one attached hydrogen (secondary N) is 2. The summed E-state index contributed by atoms with van der Waals surface area (Å²) in [7, 11) is 0. The lowest BCUT2D eigenvalue weighted by atomic mass is 10.1. The van der Waals surface area contributed by atoms with Crippen LogP contribution < -0.4 is 14.8 Å². The van der Waals surface area contributed by atoms with Crippen molar-refractivity contribution in [1.82, 2.24) is 25.9 Å². The van der Waals surface area contributed by atoms with E-state index in [1.165, 1.54) is 0 Å². The number of hydrogen-bond donors (Lipinski definition) is 2. The molecule has 1 aromatic heterocycles. The predicted octanol–water partition coefficient (Wildman–Crippen LogP) is 1.34. The van der Waals surface area contributed by atoms with Gasteiger partial charge in [0.25, 0.3) is 0 Å². The van der Waals surface area contributed by atoms with E-state index < -0.39 is 0 Å². The molecule has 2 atom stereocenters. The van der Waals surface area contributed by atoms with Gasteiger partial charge >= 0.3 is 0 Å². The van der Waals surface area contributed by atoms with Crippen molar-refractivity contribution in [2.75, 3.05) is 6.79 Å². The molecule has 100 valence electrons. The van der Waals surface area contributed by atoms with Crippen LogP contribution in [0.3, 0.4) is 0 Å². The molecular weight excluding hydrogens is 246 g/mol. The summed E-state index contributed by atoms with van der Waals surface area (Å²) in [5.41, 5.74) is 1.12. The van der Waals surface area contributed by atoms with Crippen molar-refractivity contribution >= 4 is 0 Å². The molecule has 0 bridgehead atoms. The monoisotopic (exact) mass is 261 g/mol. The van der Waals surface area contributed by atoms with Crippen molar-refractivity contribution in [3.63, 3.8) is 0 Å². The fourth-order valence-corrected chi connectivity index (χ4v) is 2.08. The fraction of sp³-hybridized carbons (Fsp3) is 0.417. The molecule has 1 aliphatic rings. The summed E-state index contributed by atoms with van der Waals surface area (Å²) in [5, 5.41) is 17.3.